The van der Waals surface area contributed by atoms with E-state index in [1.165, 1.54) is 16.9 Å². The van der Waals surface area contributed by atoms with Crippen LogP contribution in [-0.4, -0.2) is 44.4 Å². The van der Waals surface area contributed by atoms with Crippen molar-refractivity contribution in [3.8, 4) is 0 Å². The smallest absolute Gasteiger partial charge is 0.186 e. The minimum Gasteiger partial charge on any atom is -0.378 e. The summed E-state index contributed by atoms with van der Waals surface area (Å²) in [4.78, 5) is 8.37. The van der Waals surface area contributed by atoms with Crippen molar-refractivity contribution in [2.24, 2.45) is 0 Å². The second kappa shape index (κ2) is 8.51. The summed E-state index contributed by atoms with van der Waals surface area (Å²) in [6.45, 7) is 12.1. The fourth-order valence-electron chi connectivity index (χ4n) is 2.31. The molecule has 0 aromatic carbocycles. The maximum absolute atomic E-state index is 5.41. The Bertz CT molecular complexity index is 464. The van der Waals surface area contributed by atoms with Crippen molar-refractivity contribution in [2.45, 2.75) is 33.6 Å². The molecule has 0 atom stereocenters. The van der Waals surface area contributed by atoms with Crippen molar-refractivity contribution in [3.63, 3.8) is 0 Å². The third-order valence-corrected chi connectivity index (χ3v) is 4.84. The van der Waals surface area contributed by atoms with Gasteiger partial charge in [0.1, 0.15) is 0 Å². The predicted molar refractivity (Wildman–Crippen MR) is 91.3 cm³/mol. The van der Waals surface area contributed by atoms with E-state index in [0.717, 1.165) is 56.6 Å². The molecule has 0 unspecified atom stereocenters. The average molecular weight is 309 g/mol. The highest BCUT2D eigenvalue weighted by molar-refractivity contribution is 7.16. The van der Waals surface area contributed by atoms with Gasteiger partial charge < -0.3 is 15.0 Å². The standard InChI is InChI=1S/C16H27N3OS/c1-4-6-17-12-14(5-2)11-15-13(3)18-16(21-15)19-7-9-20-10-8-19/h11,17H,4-10,12H2,1-3H3. The molecule has 0 amide bonds. The molecule has 1 saturated heterocycles. The number of morpholine rings is 1. The van der Waals surface area contributed by atoms with Gasteiger partial charge in [-0.2, -0.15) is 0 Å². The molecule has 1 N–H and O–H groups in total. The van der Waals surface area contributed by atoms with Crippen molar-refractivity contribution in [3.05, 3.63) is 16.1 Å². The molecule has 2 heterocycles. The van der Waals surface area contributed by atoms with Gasteiger partial charge in [0.05, 0.1) is 23.8 Å². The lowest BCUT2D eigenvalue weighted by molar-refractivity contribution is 0.122. The van der Waals surface area contributed by atoms with Crippen LogP contribution in [0.2, 0.25) is 0 Å². The number of rotatable bonds is 7. The maximum atomic E-state index is 5.41. The molecular weight excluding hydrogens is 282 g/mol. The van der Waals surface area contributed by atoms with E-state index < -0.39 is 0 Å². The van der Waals surface area contributed by atoms with E-state index in [2.05, 4.69) is 37.1 Å². The van der Waals surface area contributed by atoms with Crippen molar-refractivity contribution in [1.29, 1.82) is 0 Å². The summed E-state index contributed by atoms with van der Waals surface area (Å²) in [7, 11) is 0. The van der Waals surface area contributed by atoms with Crippen molar-refractivity contribution in [1.82, 2.24) is 10.3 Å². The van der Waals surface area contributed by atoms with E-state index >= 15 is 0 Å². The molecule has 1 aliphatic rings. The number of hydrogen-bond donors (Lipinski definition) is 1. The van der Waals surface area contributed by atoms with E-state index in [9.17, 15) is 0 Å². The first-order chi connectivity index (χ1) is 10.2. The van der Waals surface area contributed by atoms with Crippen molar-refractivity contribution < 1.29 is 4.74 Å². The summed E-state index contributed by atoms with van der Waals surface area (Å²) in [6, 6.07) is 0. The molecule has 1 fully saturated rings. The summed E-state index contributed by atoms with van der Waals surface area (Å²) in [5.41, 5.74) is 2.59. The highest BCUT2D eigenvalue weighted by Gasteiger charge is 2.16. The summed E-state index contributed by atoms with van der Waals surface area (Å²) in [6.07, 6.45) is 4.58. The van der Waals surface area contributed by atoms with Crippen LogP contribution in [0.4, 0.5) is 5.13 Å². The molecule has 2 rings (SSSR count). The fourth-order valence-corrected chi connectivity index (χ4v) is 3.42. The molecule has 1 aliphatic heterocycles. The van der Waals surface area contributed by atoms with Crippen LogP contribution in [0.25, 0.3) is 6.08 Å². The van der Waals surface area contributed by atoms with Gasteiger partial charge in [-0.1, -0.05) is 30.8 Å². The van der Waals surface area contributed by atoms with Crippen LogP contribution < -0.4 is 10.2 Å². The number of hydrogen-bond acceptors (Lipinski definition) is 5. The minimum atomic E-state index is 0.810. The second-order valence-corrected chi connectivity index (χ2v) is 6.39. The second-order valence-electron chi connectivity index (χ2n) is 5.38. The zero-order chi connectivity index (χ0) is 15.1. The summed E-state index contributed by atoms with van der Waals surface area (Å²) < 4.78 is 5.41. The summed E-state index contributed by atoms with van der Waals surface area (Å²) in [5.74, 6) is 0. The van der Waals surface area contributed by atoms with Gasteiger partial charge in [-0.05, 0) is 32.4 Å². The van der Waals surface area contributed by atoms with Crippen molar-refractivity contribution >= 4 is 22.5 Å². The molecule has 0 radical (unpaired) electrons. The molecule has 5 heteroatoms. The Balaban J connectivity index is 2.06. The molecule has 118 valence electrons. The Morgan fingerprint density at radius 2 is 2.14 bits per heavy atom. The van der Waals surface area contributed by atoms with E-state index in [1.54, 1.807) is 11.3 Å². The van der Waals surface area contributed by atoms with E-state index in [0.29, 0.717) is 0 Å². The van der Waals surface area contributed by atoms with E-state index in [-0.39, 0.29) is 0 Å². The highest BCUT2D eigenvalue weighted by Crippen LogP contribution is 2.28. The van der Waals surface area contributed by atoms with Crippen LogP contribution in [-0.2, 0) is 4.74 Å². The molecule has 1 aromatic heterocycles. The van der Waals surface area contributed by atoms with Gasteiger partial charge in [-0.25, -0.2) is 4.98 Å². The molecule has 21 heavy (non-hydrogen) atoms. The van der Waals surface area contributed by atoms with Gasteiger partial charge >= 0.3 is 0 Å². The molecule has 1 aromatic rings. The monoisotopic (exact) mass is 309 g/mol. The van der Waals surface area contributed by atoms with Gasteiger partial charge in [0.2, 0.25) is 0 Å². The van der Waals surface area contributed by atoms with Gasteiger partial charge in [0, 0.05) is 19.6 Å². The first kappa shape index (κ1) is 16.5. The molecular formula is C16H27N3OS. The van der Waals surface area contributed by atoms with Gasteiger partial charge in [-0.3, -0.25) is 0 Å². The lowest BCUT2D eigenvalue weighted by Crippen LogP contribution is -2.36. The minimum absolute atomic E-state index is 0.810. The van der Waals surface area contributed by atoms with Crippen LogP contribution in [0.15, 0.2) is 5.57 Å². The number of thiazole rings is 1. The molecule has 0 aliphatic carbocycles. The molecule has 0 spiro atoms. The van der Waals surface area contributed by atoms with Gasteiger partial charge in [-0.15, -0.1) is 0 Å². The number of aryl methyl sites for hydroxylation is 1. The molecule has 0 bridgehead atoms. The van der Waals surface area contributed by atoms with E-state index in [1.807, 2.05) is 0 Å². The largest absolute Gasteiger partial charge is 0.378 e. The maximum Gasteiger partial charge on any atom is 0.186 e. The Kier molecular flexibility index (Phi) is 6.67. The average Bonchev–Trinajstić information content (AvgIpc) is 2.88. The number of ether oxygens (including phenoxy) is 1. The lowest BCUT2D eigenvalue weighted by atomic mass is 10.1. The van der Waals surface area contributed by atoms with Crippen LogP contribution in [0.1, 0.15) is 37.3 Å². The lowest BCUT2D eigenvalue weighted by Gasteiger charge is -2.26. The Hall–Kier alpha value is -0.910. The van der Waals surface area contributed by atoms with Crippen LogP contribution in [0, 0.1) is 6.92 Å². The summed E-state index contributed by atoms with van der Waals surface area (Å²) >= 11 is 1.80. The number of anilines is 1. The van der Waals surface area contributed by atoms with Crippen LogP contribution in [0.5, 0.6) is 0 Å². The van der Waals surface area contributed by atoms with Crippen molar-refractivity contribution in [2.75, 3.05) is 44.3 Å². The first-order valence-corrected chi connectivity index (χ1v) is 8.76. The van der Waals surface area contributed by atoms with Gasteiger partial charge in [0.15, 0.2) is 5.13 Å². The fraction of sp³-hybridized carbons (Fsp3) is 0.688. The third kappa shape index (κ3) is 4.80. The Labute approximate surface area is 132 Å². The Morgan fingerprint density at radius 3 is 2.81 bits per heavy atom. The molecule has 4 nitrogen and oxygen atoms in total. The van der Waals surface area contributed by atoms with Gasteiger partial charge in [0.25, 0.3) is 0 Å². The van der Waals surface area contributed by atoms with Crippen LogP contribution >= 0.6 is 11.3 Å². The number of aromatic nitrogens is 1. The third-order valence-electron chi connectivity index (χ3n) is 3.67. The Morgan fingerprint density at radius 1 is 1.38 bits per heavy atom. The number of nitrogens with one attached hydrogen (secondary N) is 1. The highest BCUT2D eigenvalue weighted by atomic mass is 32.1. The normalized spacial score (nSPS) is 16.5. The molecule has 0 saturated carbocycles. The van der Waals surface area contributed by atoms with E-state index in [4.69, 9.17) is 9.72 Å². The first-order valence-electron chi connectivity index (χ1n) is 7.94. The zero-order valence-corrected chi connectivity index (χ0v) is 14.3. The summed E-state index contributed by atoms with van der Waals surface area (Å²) in [5, 5.41) is 4.62. The predicted octanol–water partition coefficient (Wildman–Crippen LogP) is 3.08. The number of nitrogens with zero attached hydrogens (tertiary/aromatic N) is 2. The quantitative estimate of drug-likeness (QED) is 0.786. The van der Waals surface area contributed by atoms with Crippen LogP contribution in [0.3, 0.4) is 0 Å². The SMILES string of the molecule is CCCNCC(=Cc1sc(N2CCOCC2)nc1C)CC. The topological polar surface area (TPSA) is 37.4 Å². The zero-order valence-electron chi connectivity index (χ0n) is 13.4.